The van der Waals surface area contributed by atoms with Crippen LogP contribution >= 0.6 is 15.9 Å². The summed E-state index contributed by atoms with van der Waals surface area (Å²) >= 11 is 3.47. The molecule has 0 fully saturated rings. The molecular weight excluding hydrogens is 450 g/mol. The number of ether oxygens (including phenoxy) is 1. The molecule has 0 bridgehead atoms. The molecule has 2 amide bonds. The van der Waals surface area contributed by atoms with Crippen molar-refractivity contribution >= 4 is 39.4 Å². The van der Waals surface area contributed by atoms with Gasteiger partial charge in [-0.3, -0.25) is 14.9 Å². The highest BCUT2D eigenvalue weighted by Crippen LogP contribution is 2.36. The number of aromatic nitrogens is 3. The Labute approximate surface area is 181 Å². The molecule has 2 N–H and O–H groups in total. The van der Waals surface area contributed by atoms with Gasteiger partial charge >= 0.3 is 0 Å². The number of carbonyl (C=O) groups excluding carboxylic acids is 2. The Morgan fingerprint density at radius 2 is 2.17 bits per heavy atom. The van der Waals surface area contributed by atoms with Gasteiger partial charge in [-0.2, -0.15) is 10.1 Å². The van der Waals surface area contributed by atoms with Gasteiger partial charge in [0, 0.05) is 15.7 Å². The number of benzene rings is 2. The summed E-state index contributed by atoms with van der Waals surface area (Å²) < 4.78 is 8.33. The lowest BCUT2D eigenvalue weighted by molar-refractivity contribution is -0.118. The van der Waals surface area contributed by atoms with Crippen molar-refractivity contribution in [2.24, 2.45) is 0 Å². The third kappa shape index (κ3) is 4.06. The van der Waals surface area contributed by atoms with Gasteiger partial charge in [0.05, 0.1) is 12.5 Å². The quantitative estimate of drug-likeness (QED) is 0.594. The molecule has 154 valence electrons. The number of fused-ring (bicyclic) bond motifs is 1. The van der Waals surface area contributed by atoms with Crippen LogP contribution in [-0.4, -0.2) is 33.2 Å². The van der Waals surface area contributed by atoms with Gasteiger partial charge < -0.3 is 10.1 Å². The first kappa shape index (κ1) is 20.1. The summed E-state index contributed by atoms with van der Waals surface area (Å²) in [5.74, 6) is 0.477. The number of hydrogen-bond acceptors (Lipinski definition) is 5. The molecule has 0 radical (unpaired) electrons. The van der Waals surface area contributed by atoms with Gasteiger partial charge in [-0.05, 0) is 49.2 Å². The Bertz CT molecular complexity index is 1130. The first-order valence-corrected chi connectivity index (χ1v) is 10.2. The van der Waals surface area contributed by atoms with Crippen LogP contribution < -0.4 is 15.4 Å². The molecule has 1 aromatic heterocycles. The number of aryl methyl sites for hydroxylation is 1. The maximum atomic E-state index is 12.5. The van der Waals surface area contributed by atoms with E-state index in [0.29, 0.717) is 11.7 Å². The molecule has 0 aliphatic carbocycles. The molecule has 1 atom stereocenters. The average Bonchev–Trinajstić information content (AvgIpc) is 3.18. The van der Waals surface area contributed by atoms with Crippen LogP contribution in [0.4, 0.5) is 11.6 Å². The number of hydrogen-bond donors (Lipinski definition) is 2. The van der Waals surface area contributed by atoms with Crippen LogP contribution in [0.2, 0.25) is 0 Å². The first-order valence-electron chi connectivity index (χ1n) is 9.40. The molecule has 0 spiro atoms. The fourth-order valence-corrected chi connectivity index (χ4v) is 3.75. The van der Waals surface area contributed by atoms with Gasteiger partial charge in [0.15, 0.2) is 6.61 Å². The lowest BCUT2D eigenvalue weighted by Gasteiger charge is -2.25. The summed E-state index contributed by atoms with van der Waals surface area (Å²) in [5.41, 5.74) is 3.62. The van der Waals surface area contributed by atoms with Crippen LogP contribution in [0, 0.1) is 13.8 Å². The summed E-state index contributed by atoms with van der Waals surface area (Å²) in [5, 5.41) is 9.81. The van der Waals surface area contributed by atoms with Crippen LogP contribution in [0.15, 0.2) is 47.2 Å². The SMILES string of the molecule is Cc1cccc(NC(=O)COc2ccc(Br)cc2[C@H]2CC(=O)Nc3ncnn32)c1C. The molecule has 0 saturated carbocycles. The lowest BCUT2D eigenvalue weighted by atomic mass is 10.0. The number of nitrogens with one attached hydrogen (secondary N) is 2. The van der Waals surface area contributed by atoms with E-state index < -0.39 is 0 Å². The highest BCUT2D eigenvalue weighted by molar-refractivity contribution is 9.10. The molecule has 3 aromatic rings. The summed E-state index contributed by atoms with van der Waals surface area (Å²) in [6, 6.07) is 10.8. The fraction of sp³-hybridized carbons (Fsp3) is 0.238. The van der Waals surface area contributed by atoms with E-state index in [1.54, 1.807) is 10.7 Å². The minimum Gasteiger partial charge on any atom is -0.483 e. The van der Waals surface area contributed by atoms with Crippen LogP contribution in [0.1, 0.15) is 29.2 Å². The molecule has 9 heteroatoms. The minimum atomic E-state index is -0.383. The molecule has 0 saturated heterocycles. The summed E-state index contributed by atoms with van der Waals surface area (Å²) in [6.07, 6.45) is 1.59. The number of anilines is 2. The molecule has 1 aliphatic rings. The summed E-state index contributed by atoms with van der Waals surface area (Å²) in [4.78, 5) is 28.7. The third-order valence-corrected chi connectivity index (χ3v) is 5.56. The second-order valence-electron chi connectivity index (χ2n) is 7.06. The summed E-state index contributed by atoms with van der Waals surface area (Å²) in [7, 11) is 0. The van der Waals surface area contributed by atoms with E-state index >= 15 is 0 Å². The third-order valence-electron chi connectivity index (χ3n) is 5.07. The zero-order valence-electron chi connectivity index (χ0n) is 16.5. The number of rotatable bonds is 5. The van der Waals surface area contributed by atoms with E-state index in [1.807, 2.05) is 44.2 Å². The number of carbonyl (C=O) groups is 2. The molecular formula is C21H20BrN5O3. The number of halogens is 1. The second kappa shape index (κ2) is 8.27. The molecule has 8 nitrogen and oxygen atoms in total. The topological polar surface area (TPSA) is 98.1 Å². The Morgan fingerprint density at radius 1 is 1.33 bits per heavy atom. The number of amides is 2. The van der Waals surface area contributed by atoms with E-state index in [-0.39, 0.29) is 30.9 Å². The van der Waals surface area contributed by atoms with Crippen molar-refractivity contribution in [3.63, 3.8) is 0 Å². The fourth-order valence-electron chi connectivity index (χ4n) is 3.37. The van der Waals surface area contributed by atoms with E-state index in [4.69, 9.17) is 4.74 Å². The van der Waals surface area contributed by atoms with Crippen molar-refractivity contribution in [1.29, 1.82) is 0 Å². The molecule has 2 heterocycles. The molecule has 30 heavy (non-hydrogen) atoms. The Kier molecular flexibility index (Phi) is 5.54. The van der Waals surface area contributed by atoms with Crippen molar-refractivity contribution in [1.82, 2.24) is 14.8 Å². The smallest absolute Gasteiger partial charge is 0.262 e. The van der Waals surface area contributed by atoms with Crippen molar-refractivity contribution in [2.75, 3.05) is 17.2 Å². The highest BCUT2D eigenvalue weighted by Gasteiger charge is 2.30. The average molecular weight is 470 g/mol. The van der Waals surface area contributed by atoms with Crippen molar-refractivity contribution in [3.05, 3.63) is 63.9 Å². The van der Waals surface area contributed by atoms with Gasteiger partial charge in [0.25, 0.3) is 5.91 Å². The maximum Gasteiger partial charge on any atom is 0.262 e. The van der Waals surface area contributed by atoms with Gasteiger partial charge in [-0.1, -0.05) is 28.1 Å². The van der Waals surface area contributed by atoms with Gasteiger partial charge in [-0.25, -0.2) is 4.68 Å². The van der Waals surface area contributed by atoms with Gasteiger partial charge in [0.1, 0.15) is 12.1 Å². The zero-order chi connectivity index (χ0) is 21.3. The van der Waals surface area contributed by atoms with Crippen LogP contribution in [0.5, 0.6) is 5.75 Å². The van der Waals surface area contributed by atoms with E-state index in [0.717, 1.165) is 26.9 Å². The Morgan fingerprint density at radius 3 is 3.00 bits per heavy atom. The van der Waals surface area contributed by atoms with Crippen LogP contribution in [0.3, 0.4) is 0 Å². The predicted molar refractivity (Wildman–Crippen MR) is 116 cm³/mol. The van der Waals surface area contributed by atoms with E-state index in [2.05, 4.69) is 36.6 Å². The monoisotopic (exact) mass is 469 g/mol. The second-order valence-corrected chi connectivity index (χ2v) is 7.98. The predicted octanol–water partition coefficient (Wildman–Crippen LogP) is 3.61. The highest BCUT2D eigenvalue weighted by atomic mass is 79.9. The van der Waals surface area contributed by atoms with E-state index in [1.165, 1.54) is 6.33 Å². The number of nitrogens with zero attached hydrogens (tertiary/aromatic N) is 3. The standard InChI is InChI=1S/C21H20BrN5O3/c1-12-4-3-5-16(13(12)2)25-20(29)10-30-18-7-6-14(22)8-15(18)17-9-19(28)26-21-23-11-24-27(17)21/h3-8,11,17H,9-10H2,1-2H3,(H,25,29)(H,23,24,26,28)/t17-/m1/s1. The van der Waals surface area contributed by atoms with Crippen LogP contribution in [0.25, 0.3) is 0 Å². The summed E-state index contributed by atoms with van der Waals surface area (Å²) in [6.45, 7) is 3.79. The van der Waals surface area contributed by atoms with Gasteiger partial charge in [0.2, 0.25) is 11.9 Å². The normalized spacial score (nSPS) is 15.3. The van der Waals surface area contributed by atoms with Crippen molar-refractivity contribution < 1.29 is 14.3 Å². The Balaban J connectivity index is 1.54. The van der Waals surface area contributed by atoms with Gasteiger partial charge in [-0.15, -0.1) is 0 Å². The van der Waals surface area contributed by atoms with Crippen molar-refractivity contribution in [2.45, 2.75) is 26.3 Å². The molecule has 4 rings (SSSR count). The zero-order valence-corrected chi connectivity index (χ0v) is 18.1. The van der Waals surface area contributed by atoms with E-state index in [9.17, 15) is 9.59 Å². The molecule has 2 aromatic carbocycles. The largest absolute Gasteiger partial charge is 0.483 e. The van der Waals surface area contributed by atoms with Crippen molar-refractivity contribution in [3.8, 4) is 5.75 Å². The Hall–Kier alpha value is -3.20. The minimum absolute atomic E-state index is 0.154. The maximum absolute atomic E-state index is 12.5. The lowest BCUT2D eigenvalue weighted by Crippen LogP contribution is -2.30. The molecule has 1 aliphatic heterocycles. The first-order chi connectivity index (χ1) is 14.4. The molecule has 0 unspecified atom stereocenters. The van der Waals surface area contributed by atoms with Crippen LogP contribution in [-0.2, 0) is 9.59 Å².